The Labute approximate surface area is 172 Å². The summed E-state index contributed by atoms with van der Waals surface area (Å²) in [6.45, 7) is 1.81. The summed E-state index contributed by atoms with van der Waals surface area (Å²) >= 11 is 0. The predicted molar refractivity (Wildman–Crippen MR) is 109 cm³/mol. The number of hydrogen-bond acceptors (Lipinski definition) is 5. The number of rotatable bonds is 6. The van der Waals surface area contributed by atoms with Gasteiger partial charge in [0.25, 0.3) is 0 Å². The van der Waals surface area contributed by atoms with Crippen molar-refractivity contribution in [1.82, 2.24) is 24.9 Å². The molecule has 1 N–H and O–H groups in total. The van der Waals surface area contributed by atoms with Gasteiger partial charge in [0.05, 0.1) is 25.3 Å². The molecule has 30 heavy (non-hydrogen) atoms. The summed E-state index contributed by atoms with van der Waals surface area (Å²) in [6, 6.07) is 15.0. The van der Waals surface area contributed by atoms with Crippen LogP contribution < -0.4 is 10.1 Å². The SMILES string of the molecule is COc1ccc(CC(=O)N[C@@H](C)c2nc3cc(-c4ccccc4F)ncn3n2)cc1. The van der Waals surface area contributed by atoms with Crippen LogP contribution in [-0.4, -0.2) is 32.6 Å². The maximum absolute atomic E-state index is 14.0. The topological polar surface area (TPSA) is 81.4 Å². The maximum Gasteiger partial charge on any atom is 0.224 e. The molecule has 0 bridgehead atoms. The Morgan fingerprint density at radius 1 is 1.20 bits per heavy atom. The Kier molecular flexibility index (Phi) is 5.38. The van der Waals surface area contributed by atoms with E-state index in [1.165, 1.54) is 16.9 Å². The number of halogens is 1. The summed E-state index contributed by atoms with van der Waals surface area (Å²) in [7, 11) is 1.60. The van der Waals surface area contributed by atoms with Crippen molar-refractivity contribution in [2.45, 2.75) is 19.4 Å². The lowest BCUT2D eigenvalue weighted by atomic mass is 10.1. The molecule has 0 radical (unpaired) electrons. The van der Waals surface area contributed by atoms with Crippen molar-refractivity contribution < 1.29 is 13.9 Å². The monoisotopic (exact) mass is 405 g/mol. The Hall–Kier alpha value is -3.81. The quantitative estimate of drug-likeness (QED) is 0.532. The largest absolute Gasteiger partial charge is 0.497 e. The lowest BCUT2D eigenvalue weighted by Crippen LogP contribution is -2.28. The molecule has 0 fully saturated rings. The smallest absolute Gasteiger partial charge is 0.224 e. The number of fused-ring (bicyclic) bond motifs is 1. The van der Waals surface area contributed by atoms with E-state index in [4.69, 9.17) is 4.74 Å². The molecule has 0 unspecified atom stereocenters. The van der Waals surface area contributed by atoms with Gasteiger partial charge in [-0.05, 0) is 36.8 Å². The molecule has 0 saturated carbocycles. The molecule has 7 nitrogen and oxygen atoms in total. The van der Waals surface area contributed by atoms with Gasteiger partial charge in [-0.1, -0.05) is 24.3 Å². The van der Waals surface area contributed by atoms with Crippen LogP contribution >= 0.6 is 0 Å². The van der Waals surface area contributed by atoms with Crippen molar-refractivity contribution in [1.29, 1.82) is 0 Å². The first-order chi connectivity index (χ1) is 14.5. The highest BCUT2D eigenvalue weighted by atomic mass is 19.1. The number of carbonyl (C=O) groups is 1. The molecule has 1 atom stereocenters. The fourth-order valence-corrected chi connectivity index (χ4v) is 3.10. The molecule has 0 saturated heterocycles. The van der Waals surface area contributed by atoms with Crippen LogP contribution in [0.2, 0.25) is 0 Å². The standard InChI is InChI=1S/C22H20FN5O2/c1-14(25-21(29)11-15-7-9-16(30-2)10-8-15)22-26-20-12-19(24-13-28(20)27-22)17-5-3-4-6-18(17)23/h3-10,12-14H,11H2,1-2H3,(H,25,29)/t14-/m0/s1. The van der Waals surface area contributed by atoms with E-state index in [9.17, 15) is 9.18 Å². The molecule has 0 spiro atoms. The van der Waals surface area contributed by atoms with Crippen molar-refractivity contribution in [3.05, 3.63) is 78.1 Å². The number of nitrogens with one attached hydrogen (secondary N) is 1. The van der Waals surface area contributed by atoms with E-state index in [1.54, 1.807) is 31.4 Å². The van der Waals surface area contributed by atoms with Crippen molar-refractivity contribution in [3.63, 3.8) is 0 Å². The van der Waals surface area contributed by atoms with E-state index in [-0.39, 0.29) is 18.1 Å². The van der Waals surface area contributed by atoms with Crippen LogP contribution in [0.4, 0.5) is 4.39 Å². The fraction of sp³-hybridized carbons (Fsp3) is 0.182. The number of hydrogen-bond donors (Lipinski definition) is 1. The number of benzene rings is 2. The normalized spacial score (nSPS) is 12.0. The highest BCUT2D eigenvalue weighted by Crippen LogP contribution is 2.21. The van der Waals surface area contributed by atoms with Crippen molar-refractivity contribution in [2.24, 2.45) is 0 Å². The van der Waals surface area contributed by atoms with E-state index in [0.29, 0.717) is 22.7 Å². The number of ether oxygens (including phenoxy) is 1. The van der Waals surface area contributed by atoms with Gasteiger partial charge in [-0.2, -0.15) is 0 Å². The van der Waals surface area contributed by atoms with Crippen LogP contribution in [0.5, 0.6) is 5.75 Å². The minimum atomic E-state index is -0.396. The molecule has 0 aliphatic carbocycles. The lowest BCUT2D eigenvalue weighted by Gasteiger charge is -2.10. The number of aromatic nitrogens is 4. The molecule has 8 heteroatoms. The minimum absolute atomic E-state index is 0.142. The maximum atomic E-state index is 14.0. The Bertz CT molecular complexity index is 1190. The van der Waals surface area contributed by atoms with Gasteiger partial charge in [0.1, 0.15) is 17.9 Å². The summed E-state index contributed by atoms with van der Waals surface area (Å²) in [6.07, 6.45) is 1.72. The molecule has 1 amide bonds. The third kappa shape index (κ3) is 4.12. The molecular weight excluding hydrogens is 385 g/mol. The number of nitrogens with zero attached hydrogens (tertiary/aromatic N) is 4. The molecule has 152 valence electrons. The predicted octanol–water partition coefficient (Wildman–Crippen LogP) is 3.36. The Morgan fingerprint density at radius 2 is 1.97 bits per heavy atom. The molecule has 4 aromatic rings. The van der Waals surface area contributed by atoms with Crippen LogP contribution in [0.3, 0.4) is 0 Å². The van der Waals surface area contributed by atoms with Gasteiger partial charge in [-0.15, -0.1) is 5.10 Å². The van der Waals surface area contributed by atoms with Gasteiger partial charge in [0.15, 0.2) is 11.5 Å². The Morgan fingerprint density at radius 3 is 2.70 bits per heavy atom. The third-order valence-corrected chi connectivity index (χ3v) is 4.68. The zero-order chi connectivity index (χ0) is 21.1. The second-order valence-corrected chi connectivity index (χ2v) is 6.84. The van der Waals surface area contributed by atoms with E-state index in [0.717, 1.165) is 11.3 Å². The van der Waals surface area contributed by atoms with Gasteiger partial charge in [-0.3, -0.25) is 4.79 Å². The van der Waals surface area contributed by atoms with Crippen LogP contribution in [0.15, 0.2) is 60.9 Å². The first-order valence-corrected chi connectivity index (χ1v) is 9.43. The number of amides is 1. The van der Waals surface area contributed by atoms with Crippen LogP contribution in [0.1, 0.15) is 24.4 Å². The van der Waals surface area contributed by atoms with E-state index in [2.05, 4.69) is 20.4 Å². The molecule has 4 rings (SSSR count). The summed E-state index contributed by atoms with van der Waals surface area (Å²) < 4.78 is 20.7. The van der Waals surface area contributed by atoms with Crippen molar-refractivity contribution >= 4 is 11.6 Å². The highest BCUT2D eigenvalue weighted by Gasteiger charge is 2.16. The average molecular weight is 405 g/mol. The first kappa shape index (κ1) is 19.5. The number of methoxy groups -OCH3 is 1. The highest BCUT2D eigenvalue weighted by molar-refractivity contribution is 5.79. The molecular formula is C22H20FN5O2. The fourth-order valence-electron chi connectivity index (χ4n) is 3.10. The van der Waals surface area contributed by atoms with Crippen molar-refractivity contribution in [3.8, 4) is 17.0 Å². The van der Waals surface area contributed by atoms with Crippen LogP contribution in [-0.2, 0) is 11.2 Å². The van der Waals surface area contributed by atoms with Crippen molar-refractivity contribution in [2.75, 3.05) is 7.11 Å². The second kappa shape index (κ2) is 8.28. The van der Waals surface area contributed by atoms with Gasteiger partial charge in [0, 0.05) is 11.6 Å². The zero-order valence-corrected chi connectivity index (χ0v) is 16.5. The number of carbonyl (C=O) groups excluding carboxylic acids is 1. The second-order valence-electron chi connectivity index (χ2n) is 6.84. The molecule has 2 heterocycles. The summed E-state index contributed by atoms with van der Waals surface area (Å²) in [5.74, 6) is 0.695. The van der Waals surface area contributed by atoms with Gasteiger partial charge in [0.2, 0.25) is 5.91 Å². The Balaban J connectivity index is 1.48. The molecule has 2 aromatic carbocycles. The van der Waals surface area contributed by atoms with E-state index < -0.39 is 6.04 Å². The van der Waals surface area contributed by atoms with Gasteiger partial charge < -0.3 is 10.1 Å². The third-order valence-electron chi connectivity index (χ3n) is 4.68. The summed E-state index contributed by atoms with van der Waals surface area (Å²) in [4.78, 5) is 21.1. The van der Waals surface area contributed by atoms with Gasteiger partial charge in [-0.25, -0.2) is 18.9 Å². The van der Waals surface area contributed by atoms with E-state index >= 15 is 0 Å². The van der Waals surface area contributed by atoms with Crippen LogP contribution in [0, 0.1) is 5.82 Å². The van der Waals surface area contributed by atoms with Gasteiger partial charge >= 0.3 is 0 Å². The summed E-state index contributed by atoms with van der Waals surface area (Å²) in [5, 5.41) is 7.27. The average Bonchev–Trinajstić information content (AvgIpc) is 3.18. The zero-order valence-electron chi connectivity index (χ0n) is 16.5. The first-order valence-electron chi connectivity index (χ1n) is 9.43. The molecule has 0 aliphatic heterocycles. The van der Waals surface area contributed by atoms with E-state index in [1.807, 2.05) is 31.2 Å². The lowest BCUT2D eigenvalue weighted by molar-refractivity contribution is -0.121. The van der Waals surface area contributed by atoms with Crippen LogP contribution in [0.25, 0.3) is 16.9 Å². The molecule has 2 aromatic heterocycles. The summed E-state index contributed by atoms with van der Waals surface area (Å²) in [5.41, 5.74) is 2.26. The minimum Gasteiger partial charge on any atom is -0.497 e. The molecule has 0 aliphatic rings.